The summed E-state index contributed by atoms with van der Waals surface area (Å²) in [5, 5.41) is 7.01. The molecule has 0 fully saturated rings. The van der Waals surface area contributed by atoms with E-state index in [0.717, 1.165) is 12.1 Å². The van der Waals surface area contributed by atoms with Crippen molar-refractivity contribution in [1.29, 1.82) is 0 Å². The molecule has 0 aliphatic carbocycles. The Hall–Kier alpha value is -1.43. The van der Waals surface area contributed by atoms with Crippen LogP contribution in [0, 0.1) is 0 Å². The lowest BCUT2D eigenvalue weighted by atomic mass is 10.2. The first-order valence-corrected chi connectivity index (χ1v) is 6.03. The monoisotopic (exact) mass is 254 g/mol. The second-order valence-electron chi connectivity index (χ2n) is 3.83. The van der Waals surface area contributed by atoms with E-state index in [4.69, 9.17) is 18.0 Å². The summed E-state index contributed by atoms with van der Waals surface area (Å²) >= 11 is 4.89. The number of carbonyl (C=O) groups is 1. The van der Waals surface area contributed by atoms with Gasteiger partial charge in [-0.1, -0.05) is 26.1 Å². The second-order valence-corrected chi connectivity index (χ2v) is 4.31. The van der Waals surface area contributed by atoms with Gasteiger partial charge in [-0.05, 0) is 18.9 Å². The maximum atomic E-state index is 12.0. The minimum atomic E-state index is -0.266. The zero-order chi connectivity index (χ0) is 13.0. The van der Waals surface area contributed by atoms with Crippen molar-refractivity contribution in [2.45, 2.75) is 32.7 Å². The van der Waals surface area contributed by atoms with E-state index >= 15 is 0 Å². The Morgan fingerprint density at radius 1 is 1.65 bits per heavy atom. The van der Waals surface area contributed by atoms with Crippen LogP contribution in [0.3, 0.4) is 0 Å². The zero-order valence-corrected chi connectivity index (χ0v) is 11.2. The van der Waals surface area contributed by atoms with Crippen molar-refractivity contribution in [1.82, 2.24) is 15.1 Å². The van der Waals surface area contributed by atoms with Crippen LogP contribution in [-0.4, -0.2) is 26.7 Å². The fourth-order valence-electron chi connectivity index (χ4n) is 1.52. The minimum Gasteiger partial charge on any atom is -0.392 e. The van der Waals surface area contributed by atoms with Gasteiger partial charge in [0.05, 0.1) is 16.7 Å². The van der Waals surface area contributed by atoms with Crippen LogP contribution < -0.4 is 11.1 Å². The molecule has 1 unspecified atom stereocenters. The number of amides is 1. The Morgan fingerprint density at radius 3 is 2.71 bits per heavy atom. The van der Waals surface area contributed by atoms with Gasteiger partial charge >= 0.3 is 0 Å². The highest BCUT2D eigenvalue weighted by molar-refractivity contribution is 7.80. The second kappa shape index (κ2) is 5.77. The topological polar surface area (TPSA) is 72.9 Å². The molecule has 0 radical (unpaired) electrons. The summed E-state index contributed by atoms with van der Waals surface area (Å²) in [4.78, 5) is 12.3. The first kappa shape index (κ1) is 13.6. The average molecular weight is 254 g/mol. The van der Waals surface area contributed by atoms with Crippen molar-refractivity contribution < 1.29 is 4.79 Å². The van der Waals surface area contributed by atoms with Crippen molar-refractivity contribution >= 4 is 23.1 Å². The fourth-order valence-corrected chi connectivity index (χ4v) is 1.74. The van der Waals surface area contributed by atoms with E-state index in [1.807, 2.05) is 13.8 Å². The van der Waals surface area contributed by atoms with Gasteiger partial charge in [-0.3, -0.25) is 9.48 Å². The predicted molar refractivity (Wildman–Crippen MR) is 70.9 cm³/mol. The van der Waals surface area contributed by atoms with E-state index in [-0.39, 0.29) is 11.9 Å². The van der Waals surface area contributed by atoms with Gasteiger partial charge in [-0.2, -0.15) is 5.10 Å². The first-order chi connectivity index (χ1) is 7.99. The molecule has 1 aromatic heterocycles. The van der Waals surface area contributed by atoms with Gasteiger partial charge in [-0.15, -0.1) is 0 Å². The molecule has 1 atom stereocenters. The molecule has 1 amide bonds. The van der Waals surface area contributed by atoms with E-state index in [0.29, 0.717) is 17.1 Å². The third-order valence-corrected chi connectivity index (χ3v) is 2.87. The third-order valence-electron chi connectivity index (χ3n) is 2.58. The molecule has 0 saturated carbocycles. The quantitative estimate of drug-likeness (QED) is 0.762. The summed E-state index contributed by atoms with van der Waals surface area (Å²) in [6, 6.07) is 1.51. The Morgan fingerprint density at radius 2 is 2.29 bits per heavy atom. The van der Waals surface area contributed by atoms with Gasteiger partial charge in [0.2, 0.25) is 0 Å². The average Bonchev–Trinajstić information content (AvgIpc) is 2.66. The number of nitrogens with two attached hydrogens (primary N) is 1. The summed E-state index contributed by atoms with van der Waals surface area (Å²) in [7, 11) is 1.75. The molecule has 0 bridgehead atoms. The largest absolute Gasteiger partial charge is 0.392 e. The van der Waals surface area contributed by atoms with Crippen molar-refractivity contribution in [2.75, 3.05) is 0 Å². The van der Waals surface area contributed by atoms with Crippen LogP contribution in [0.4, 0.5) is 0 Å². The molecule has 17 heavy (non-hydrogen) atoms. The molecule has 0 aromatic carbocycles. The Bertz CT molecular complexity index is 427. The molecule has 0 aliphatic heterocycles. The van der Waals surface area contributed by atoms with Crippen LogP contribution in [0.15, 0.2) is 6.07 Å². The molecule has 1 heterocycles. The maximum absolute atomic E-state index is 12.0. The summed E-state index contributed by atoms with van der Waals surface area (Å²) in [6.07, 6.45) is 1.48. The molecule has 1 rings (SSSR count). The molecule has 5 nitrogen and oxygen atoms in total. The first-order valence-electron chi connectivity index (χ1n) is 5.62. The van der Waals surface area contributed by atoms with Gasteiger partial charge in [-0.25, -0.2) is 0 Å². The molecular weight excluding hydrogens is 236 g/mol. The number of hydrogen-bond donors (Lipinski definition) is 2. The highest BCUT2D eigenvalue weighted by atomic mass is 32.1. The number of rotatable bonds is 5. The van der Waals surface area contributed by atoms with Crippen LogP contribution in [-0.2, 0) is 13.5 Å². The lowest BCUT2D eigenvalue weighted by Gasteiger charge is -2.14. The SMILES string of the molecule is CCc1cc(C(=O)NC(CC)C(N)=S)n(C)n1. The molecule has 1 aromatic rings. The van der Waals surface area contributed by atoms with E-state index < -0.39 is 0 Å². The number of hydrogen-bond acceptors (Lipinski definition) is 3. The summed E-state index contributed by atoms with van der Waals surface area (Å²) < 4.78 is 1.57. The molecule has 3 N–H and O–H groups in total. The number of nitrogens with one attached hydrogen (secondary N) is 1. The van der Waals surface area contributed by atoms with Gasteiger partial charge in [0.1, 0.15) is 5.69 Å². The number of thiocarbonyl (C=S) groups is 1. The smallest absolute Gasteiger partial charge is 0.270 e. The lowest BCUT2D eigenvalue weighted by molar-refractivity contribution is 0.0937. The third kappa shape index (κ3) is 3.26. The van der Waals surface area contributed by atoms with E-state index in [9.17, 15) is 4.79 Å². The number of aryl methyl sites for hydroxylation is 2. The van der Waals surface area contributed by atoms with Gasteiger partial charge in [0.25, 0.3) is 5.91 Å². The highest BCUT2D eigenvalue weighted by Crippen LogP contribution is 2.04. The van der Waals surface area contributed by atoms with Gasteiger partial charge in [0.15, 0.2) is 0 Å². The zero-order valence-electron chi connectivity index (χ0n) is 10.4. The normalized spacial score (nSPS) is 12.2. The summed E-state index contributed by atoms with van der Waals surface area (Å²) in [5.41, 5.74) is 6.95. The molecule has 0 saturated heterocycles. The summed E-state index contributed by atoms with van der Waals surface area (Å²) in [5.74, 6) is -0.195. The van der Waals surface area contributed by atoms with Crippen LogP contribution in [0.5, 0.6) is 0 Å². The summed E-state index contributed by atoms with van der Waals surface area (Å²) in [6.45, 7) is 3.92. The molecule has 94 valence electrons. The minimum absolute atomic E-state index is 0.195. The van der Waals surface area contributed by atoms with Gasteiger partial charge < -0.3 is 11.1 Å². The van der Waals surface area contributed by atoms with E-state index in [1.165, 1.54) is 0 Å². The standard InChI is InChI=1S/C11H18N4OS/c1-4-7-6-9(15(3)14-7)11(16)13-8(5-2)10(12)17/h6,8H,4-5H2,1-3H3,(H2,12,17)(H,13,16). The van der Waals surface area contributed by atoms with E-state index in [2.05, 4.69) is 10.4 Å². The van der Waals surface area contributed by atoms with Crippen LogP contribution >= 0.6 is 12.2 Å². The van der Waals surface area contributed by atoms with Crippen molar-refractivity contribution in [3.8, 4) is 0 Å². The molecule has 6 heteroatoms. The molecule has 0 aliphatic rings. The van der Waals surface area contributed by atoms with Gasteiger partial charge in [0, 0.05) is 7.05 Å². The number of aromatic nitrogens is 2. The molecule has 0 spiro atoms. The predicted octanol–water partition coefficient (Wildman–Crippen LogP) is 0.777. The Balaban J connectivity index is 2.82. The van der Waals surface area contributed by atoms with Crippen molar-refractivity contribution in [3.63, 3.8) is 0 Å². The lowest BCUT2D eigenvalue weighted by Crippen LogP contribution is -2.43. The fraction of sp³-hybridized carbons (Fsp3) is 0.545. The van der Waals surface area contributed by atoms with Crippen LogP contribution in [0.25, 0.3) is 0 Å². The van der Waals surface area contributed by atoms with E-state index in [1.54, 1.807) is 17.8 Å². The van der Waals surface area contributed by atoms with Crippen molar-refractivity contribution in [3.05, 3.63) is 17.5 Å². The maximum Gasteiger partial charge on any atom is 0.270 e. The Kier molecular flexibility index (Phi) is 4.62. The van der Waals surface area contributed by atoms with Crippen LogP contribution in [0.2, 0.25) is 0 Å². The number of carbonyl (C=O) groups excluding carboxylic acids is 1. The molecular formula is C11H18N4OS. The van der Waals surface area contributed by atoms with Crippen LogP contribution in [0.1, 0.15) is 36.5 Å². The Labute approximate surface area is 106 Å². The van der Waals surface area contributed by atoms with Crippen molar-refractivity contribution in [2.24, 2.45) is 12.8 Å². The number of nitrogens with zero attached hydrogens (tertiary/aromatic N) is 2. The highest BCUT2D eigenvalue weighted by Gasteiger charge is 2.17.